The van der Waals surface area contributed by atoms with E-state index in [0.717, 1.165) is 12.0 Å². The maximum atomic E-state index is 13.3. The lowest BCUT2D eigenvalue weighted by Crippen LogP contribution is -2.24. The standard InChI is InChI=1S/C28H26N2O5/c1-4-18-10-11-25-23(12-18)28(33)24(27(32)19-8-6-5-7-9-19)16-30(25)17-26(31)29-20-13-21(34-2)15-22(14-20)35-3/h5-16H,4,17H2,1-3H3,(H,29,31). The topological polar surface area (TPSA) is 86.6 Å². The molecule has 0 unspecified atom stereocenters. The fourth-order valence-electron chi connectivity index (χ4n) is 3.94. The number of ether oxygens (including phenoxy) is 2. The molecule has 7 nitrogen and oxygen atoms in total. The van der Waals surface area contributed by atoms with Gasteiger partial charge >= 0.3 is 0 Å². The van der Waals surface area contributed by atoms with Gasteiger partial charge in [-0.2, -0.15) is 0 Å². The number of amides is 1. The second kappa shape index (κ2) is 10.3. The number of benzene rings is 3. The number of nitrogens with zero attached hydrogens (tertiary/aromatic N) is 1. The second-order valence-corrected chi connectivity index (χ2v) is 8.05. The van der Waals surface area contributed by atoms with E-state index in [0.29, 0.717) is 33.7 Å². The Bertz CT molecular complexity index is 1440. The van der Waals surface area contributed by atoms with Crippen molar-refractivity contribution in [1.82, 2.24) is 4.57 Å². The molecule has 3 aromatic carbocycles. The zero-order valence-electron chi connectivity index (χ0n) is 19.8. The van der Waals surface area contributed by atoms with Crippen LogP contribution in [0.2, 0.25) is 0 Å². The molecular formula is C28H26N2O5. The first kappa shape index (κ1) is 23.8. The molecule has 1 aromatic heterocycles. The molecule has 0 aliphatic carbocycles. The number of ketones is 1. The molecular weight excluding hydrogens is 444 g/mol. The number of aromatic nitrogens is 1. The predicted molar refractivity (Wildman–Crippen MR) is 136 cm³/mol. The number of nitrogens with one attached hydrogen (secondary N) is 1. The van der Waals surface area contributed by atoms with Gasteiger partial charge in [0, 0.05) is 41.0 Å². The van der Waals surface area contributed by atoms with Crippen molar-refractivity contribution in [1.29, 1.82) is 0 Å². The number of hydrogen-bond donors (Lipinski definition) is 1. The summed E-state index contributed by atoms with van der Waals surface area (Å²) in [7, 11) is 3.06. The Morgan fingerprint density at radius 1 is 0.914 bits per heavy atom. The predicted octanol–water partition coefficient (Wildman–Crippen LogP) is 4.45. The van der Waals surface area contributed by atoms with Crippen molar-refractivity contribution >= 4 is 28.3 Å². The van der Waals surface area contributed by atoms with Crippen LogP contribution < -0.4 is 20.2 Å². The average Bonchev–Trinajstić information content (AvgIpc) is 2.89. The molecule has 0 saturated heterocycles. The lowest BCUT2D eigenvalue weighted by molar-refractivity contribution is -0.116. The summed E-state index contributed by atoms with van der Waals surface area (Å²) in [5.41, 5.74) is 2.14. The summed E-state index contributed by atoms with van der Waals surface area (Å²) in [6, 6.07) is 19.2. The molecule has 0 fully saturated rings. The van der Waals surface area contributed by atoms with Crippen LogP contribution in [0.15, 0.2) is 77.7 Å². The van der Waals surface area contributed by atoms with Gasteiger partial charge in [-0.05, 0) is 24.1 Å². The first-order valence-electron chi connectivity index (χ1n) is 11.2. The maximum absolute atomic E-state index is 13.3. The third-order valence-corrected chi connectivity index (χ3v) is 5.78. The van der Waals surface area contributed by atoms with Gasteiger partial charge in [0.1, 0.15) is 18.0 Å². The number of rotatable bonds is 8. The summed E-state index contributed by atoms with van der Waals surface area (Å²) >= 11 is 0. The highest BCUT2D eigenvalue weighted by Crippen LogP contribution is 2.26. The van der Waals surface area contributed by atoms with Crippen molar-refractivity contribution < 1.29 is 19.1 Å². The molecule has 0 radical (unpaired) electrons. The average molecular weight is 471 g/mol. The number of pyridine rings is 1. The van der Waals surface area contributed by atoms with Crippen molar-refractivity contribution in [3.8, 4) is 11.5 Å². The molecule has 0 saturated carbocycles. The molecule has 0 aliphatic heterocycles. The van der Waals surface area contributed by atoms with Crippen LogP contribution in [0, 0.1) is 0 Å². The van der Waals surface area contributed by atoms with E-state index in [9.17, 15) is 14.4 Å². The van der Waals surface area contributed by atoms with E-state index in [4.69, 9.17) is 9.47 Å². The van der Waals surface area contributed by atoms with Crippen LogP contribution in [0.1, 0.15) is 28.4 Å². The zero-order chi connectivity index (χ0) is 24.9. The molecule has 178 valence electrons. The number of methoxy groups -OCH3 is 2. The zero-order valence-corrected chi connectivity index (χ0v) is 19.8. The quantitative estimate of drug-likeness (QED) is 0.385. The molecule has 0 bridgehead atoms. The highest BCUT2D eigenvalue weighted by molar-refractivity contribution is 6.10. The van der Waals surface area contributed by atoms with E-state index in [2.05, 4.69) is 5.32 Å². The van der Waals surface area contributed by atoms with E-state index in [1.54, 1.807) is 59.2 Å². The number of hydrogen-bond acceptors (Lipinski definition) is 5. The smallest absolute Gasteiger partial charge is 0.244 e. The van der Waals surface area contributed by atoms with Crippen molar-refractivity contribution in [2.45, 2.75) is 19.9 Å². The Kier molecular flexibility index (Phi) is 6.96. The fourth-order valence-corrected chi connectivity index (χ4v) is 3.94. The number of carbonyl (C=O) groups excluding carboxylic acids is 2. The molecule has 35 heavy (non-hydrogen) atoms. The van der Waals surface area contributed by atoms with E-state index >= 15 is 0 Å². The minimum atomic E-state index is -0.383. The van der Waals surface area contributed by atoms with Crippen molar-refractivity contribution in [2.75, 3.05) is 19.5 Å². The van der Waals surface area contributed by atoms with Crippen LogP contribution in [-0.4, -0.2) is 30.5 Å². The summed E-state index contributed by atoms with van der Waals surface area (Å²) in [6.45, 7) is 1.89. The summed E-state index contributed by atoms with van der Waals surface area (Å²) in [4.78, 5) is 39.5. The van der Waals surface area contributed by atoms with Gasteiger partial charge in [-0.15, -0.1) is 0 Å². The Hall–Kier alpha value is -4.39. The molecule has 0 atom stereocenters. The molecule has 1 amide bonds. The molecule has 7 heteroatoms. The van der Waals surface area contributed by atoms with Gasteiger partial charge in [-0.25, -0.2) is 0 Å². The first-order chi connectivity index (χ1) is 16.9. The summed E-state index contributed by atoms with van der Waals surface area (Å²) < 4.78 is 12.2. The third-order valence-electron chi connectivity index (χ3n) is 5.78. The summed E-state index contributed by atoms with van der Waals surface area (Å²) in [5, 5.41) is 3.24. The van der Waals surface area contributed by atoms with Gasteiger partial charge in [-0.1, -0.05) is 43.3 Å². The van der Waals surface area contributed by atoms with Gasteiger partial charge in [0.2, 0.25) is 11.3 Å². The van der Waals surface area contributed by atoms with E-state index in [1.165, 1.54) is 20.4 Å². The SMILES string of the molecule is CCc1ccc2c(c1)c(=O)c(C(=O)c1ccccc1)cn2CC(=O)Nc1cc(OC)cc(OC)c1. The highest BCUT2D eigenvalue weighted by atomic mass is 16.5. The third kappa shape index (κ3) is 5.09. The van der Waals surface area contributed by atoms with Gasteiger partial charge in [0.15, 0.2) is 5.78 Å². The van der Waals surface area contributed by atoms with E-state index in [1.807, 2.05) is 19.1 Å². The van der Waals surface area contributed by atoms with Gasteiger partial charge in [0.05, 0.1) is 25.3 Å². The van der Waals surface area contributed by atoms with Crippen LogP contribution in [0.3, 0.4) is 0 Å². The summed E-state index contributed by atoms with van der Waals surface area (Å²) in [5.74, 6) is 0.363. The van der Waals surface area contributed by atoms with E-state index < -0.39 is 0 Å². The number of carbonyl (C=O) groups is 2. The van der Waals surface area contributed by atoms with E-state index in [-0.39, 0.29) is 29.2 Å². The van der Waals surface area contributed by atoms with Gasteiger partial charge in [-0.3, -0.25) is 14.4 Å². The van der Waals surface area contributed by atoms with Crippen molar-refractivity contribution in [3.05, 3.63) is 99.8 Å². The molecule has 1 N–H and O–H groups in total. The normalized spacial score (nSPS) is 10.7. The van der Waals surface area contributed by atoms with Crippen molar-refractivity contribution in [3.63, 3.8) is 0 Å². The monoisotopic (exact) mass is 470 g/mol. The number of fused-ring (bicyclic) bond motifs is 1. The lowest BCUT2D eigenvalue weighted by Gasteiger charge is -2.15. The minimum absolute atomic E-state index is 0.0211. The minimum Gasteiger partial charge on any atom is -0.497 e. The molecule has 4 aromatic rings. The van der Waals surface area contributed by atoms with Crippen LogP contribution >= 0.6 is 0 Å². The van der Waals surface area contributed by atoms with Crippen LogP contribution in [0.5, 0.6) is 11.5 Å². The van der Waals surface area contributed by atoms with Gasteiger partial charge < -0.3 is 19.4 Å². The lowest BCUT2D eigenvalue weighted by atomic mass is 10.0. The van der Waals surface area contributed by atoms with Crippen LogP contribution in [0.4, 0.5) is 5.69 Å². The van der Waals surface area contributed by atoms with Crippen molar-refractivity contribution in [2.24, 2.45) is 0 Å². The molecule has 4 rings (SSSR count). The Balaban J connectivity index is 1.75. The molecule has 0 aliphatic rings. The second-order valence-electron chi connectivity index (χ2n) is 8.05. The number of anilines is 1. The molecule has 1 heterocycles. The Morgan fingerprint density at radius 2 is 1.60 bits per heavy atom. The van der Waals surface area contributed by atoms with Gasteiger partial charge in [0.25, 0.3) is 0 Å². The highest BCUT2D eigenvalue weighted by Gasteiger charge is 2.18. The Labute approximate surface area is 202 Å². The summed E-state index contributed by atoms with van der Waals surface area (Å²) in [6.07, 6.45) is 2.21. The first-order valence-corrected chi connectivity index (χ1v) is 11.2. The Morgan fingerprint density at radius 3 is 2.23 bits per heavy atom. The fraction of sp³-hybridized carbons (Fsp3) is 0.179. The largest absolute Gasteiger partial charge is 0.497 e. The number of aryl methyl sites for hydroxylation is 1. The van der Waals surface area contributed by atoms with Crippen LogP contribution in [0.25, 0.3) is 10.9 Å². The van der Waals surface area contributed by atoms with Crippen LogP contribution in [-0.2, 0) is 17.8 Å². The maximum Gasteiger partial charge on any atom is 0.244 e. The molecule has 0 spiro atoms.